The zero-order valence-electron chi connectivity index (χ0n) is 12.9. The third-order valence-corrected chi connectivity index (χ3v) is 2.00. The highest BCUT2D eigenvalue weighted by molar-refractivity contribution is 5.76. The Morgan fingerprint density at radius 3 is 1.53 bits per heavy atom. The molecule has 0 saturated carbocycles. The van der Waals surface area contributed by atoms with Crippen molar-refractivity contribution >= 4 is 12.2 Å². The van der Waals surface area contributed by atoms with Gasteiger partial charge in [-0.25, -0.2) is 0 Å². The largest absolute Gasteiger partial charge is 0.527 e. The molecule has 0 atom stereocenters. The zero-order chi connectivity index (χ0) is 15.5. The molecule has 0 unspecified atom stereocenters. The molecule has 0 aliphatic heterocycles. The van der Waals surface area contributed by atoms with Crippen molar-refractivity contribution in [2.24, 2.45) is 0 Å². The monoisotopic (exact) mass is 270 g/mol. The summed E-state index contributed by atoms with van der Waals surface area (Å²) in [7, 11) is 1.39. The van der Waals surface area contributed by atoms with E-state index in [1.165, 1.54) is 7.05 Å². The Morgan fingerprint density at radius 1 is 1.00 bits per heavy atom. The van der Waals surface area contributed by atoms with Crippen LogP contribution < -0.4 is 0 Å². The second-order valence-corrected chi connectivity index (χ2v) is 6.51. The van der Waals surface area contributed by atoms with Crippen molar-refractivity contribution in [2.45, 2.75) is 52.7 Å². The van der Waals surface area contributed by atoms with E-state index < -0.39 is 27.9 Å². The average molecular weight is 270 g/mol. The standard InChI is InChI=1S/C14H24NO4/c1-9-10-15(8,11(16)18-13(2,3)4)12(17)19-14(5,6)7/h1H,10H2,2-8H3/q+1. The Hall–Kier alpha value is -1.54. The lowest BCUT2D eigenvalue weighted by Crippen LogP contribution is -2.57. The van der Waals surface area contributed by atoms with Crippen LogP contribution in [0, 0.1) is 12.3 Å². The second-order valence-electron chi connectivity index (χ2n) is 6.51. The van der Waals surface area contributed by atoms with E-state index in [0.717, 1.165) is 0 Å². The molecule has 0 aliphatic rings. The summed E-state index contributed by atoms with van der Waals surface area (Å²) in [5.41, 5.74) is -1.40. The first-order chi connectivity index (χ1) is 8.32. The normalized spacial score (nSPS) is 12.5. The lowest BCUT2D eigenvalue weighted by atomic mass is 10.2. The van der Waals surface area contributed by atoms with Gasteiger partial charge in [0.15, 0.2) is 6.54 Å². The molecule has 19 heavy (non-hydrogen) atoms. The minimum absolute atomic E-state index is 0.121. The molecule has 0 fully saturated rings. The van der Waals surface area contributed by atoms with Crippen molar-refractivity contribution in [1.82, 2.24) is 0 Å². The van der Waals surface area contributed by atoms with Gasteiger partial charge in [0, 0.05) is 0 Å². The predicted molar refractivity (Wildman–Crippen MR) is 72.4 cm³/mol. The molecule has 0 radical (unpaired) electrons. The van der Waals surface area contributed by atoms with Crippen LogP contribution in [-0.4, -0.2) is 41.5 Å². The number of nitrogens with zero attached hydrogens (tertiary/aromatic N) is 1. The summed E-state index contributed by atoms with van der Waals surface area (Å²) in [5, 5.41) is 0. The fourth-order valence-electron chi connectivity index (χ4n) is 1.11. The van der Waals surface area contributed by atoms with Gasteiger partial charge in [0.25, 0.3) is 0 Å². The van der Waals surface area contributed by atoms with Crippen LogP contribution in [0.15, 0.2) is 0 Å². The maximum atomic E-state index is 12.2. The summed E-state index contributed by atoms with van der Waals surface area (Å²) in [4.78, 5) is 24.3. The third-order valence-electron chi connectivity index (χ3n) is 2.00. The Balaban J connectivity index is 5.21. The molecule has 0 spiro atoms. The van der Waals surface area contributed by atoms with Gasteiger partial charge in [-0.3, -0.25) is 0 Å². The van der Waals surface area contributed by atoms with Gasteiger partial charge in [-0.2, -0.15) is 9.59 Å². The molecule has 0 aliphatic carbocycles. The number of carbonyl (C=O) groups is 2. The summed E-state index contributed by atoms with van der Waals surface area (Å²) >= 11 is 0. The summed E-state index contributed by atoms with van der Waals surface area (Å²) < 4.78 is 9.72. The molecule has 2 amide bonds. The number of hydrogen-bond acceptors (Lipinski definition) is 4. The SMILES string of the molecule is C#CC[N+](C)(C(=O)OC(C)(C)C)C(=O)OC(C)(C)C. The second kappa shape index (κ2) is 5.62. The predicted octanol–water partition coefficient (Wildman–Crippen LogP) is 2.94. The molecule has 0 aromatic carbocycles. The molecule has 0 aromatic heterocycles. The quantitative estimate of drug-likeness (QED) is 0.543. The number of imide groups is 1. The Kier molecular flexibility index (Phi) is 5.16. The van der Waals surface area contributed by atoms with Gasteiger partial charge < -0.3 is 9.47 Å². The van der Waals surface area contributed by atoms with E-state index in [2.05, 4.69) is 5.92 Å². The van der Waals surface area contributed by atoms with Crippen molar-refractivity contribution in [2.75, 3.05) is 13.6 Å². The number of hydrogen-bond donors (Lipinski definition) is 0. The maximum Gasteiger partial charge on any atom is 0.527 e. The van der Waals surface area contributed by atoms with Crippen molar-refractivity contribution in [3.8, 4) is 12.3 Å². The van der Waals surface area contributed by atoms with Crippen LogP contribution in [0.2, 0.25) is 0 Å². The lowest BCUT2D eigenvalue weighted by Gasteiger charge is -2.30. The highest BCUT2D eigenvalue weighted by Crippen LogP contribution is 2.19. The zero-order valence-corrected chi connectivity index (χ0v) is 12.9. The average Bonchev–Trinajstić information content (AvgIpc) is 2.12. The van der Waals surface area contributed by atoms with E-state index in [1.807, 2.05) is 0 Å². The van der Waals surface area contributed by atoms with Crippen molar-refractivity contribution < 1.29 is 23.5 Å². The van der Waals surface area contributed by atoms with Gasteiger partial charge in [0.1, 0.15) is 11.2 Å². The molecule has 0 heterocycles. The number of terminal acetylenes is 1. The molecule has 5 nitrogen and oxygen atoms in total. The number of amides is 2. The fourth-order valence-corrected chi connectivity index (χ4v) is 1.11. The lowest BCUT2D eigenvalue weighted by molar-refractivity contribution is -0.758. The van der Waals surface area contributed by atoms with Gasteiger partial charge in [-0.15, -0.1) is 10.9 Å². The smallest absolute Gasteiger partial charge is 0.414 e. The number of ether oxygens (including phenoxy) is 2. The van der Waals surface area contributed by atoms with Crippen molar-refractivity contribution in [1.29, 1.82) is 0 Å². The Morgan fingerprint density at radius 2 is 1.32 bits per heavy atom. The molecular weight excluding hydrogens is 246 g/mol. The van der Waals surface area contributed by atoms with Crippen LogP contribution in [0.1, 0.15) is 41.5 Å². The third kappa shape index (κ3) is 5.75. The fraction of sp³-hybridized carbons (Fsp3) is 0.714. The highest BCUT2D eigenvalue weighted by Gasteiger charge is 2.47. The van der Waals surface area contributed by atoms with Gasteiger partial charge in [-0.05, 0) is 47.5 Å². The van der Waals surface area contributed by atoms with E-state index in [9.17, 15) is 9.59 Å². The summed E-state index contributed by atoms with van der Waals surface area (Å²) in [6, 6.07) is 0. The number of quaternary nitrogens is 1. The van der Waals surface area contributed by atoms with Crippen LogP contribution in [0.25, 0.3) is 0 Å². The Labute approximate surface area is 115 Å². The molecule has 0 bridgehead atoms. The summed E-state index contributed by atoms with van der Waals surface area (Å²) in [6.07, 6.45) is 3.79. The molecule has 0 N–H and O–H groups in total. The molecule has 0 aromatic rings. The van der Waals surface area contributed by atoms with Crippen LogP contribution in [-0.2, 0) is 9.47 Å². The summed E-state index contributed by atoms with van der Waals surface area (Å²) in [5.74, 6) is 2.31. The number of carbonyl (C=O) groups excluding carboxylic acids is 2. The summed E-state index contributed by atoms with van der Waals surface area (Å²) in [6.45, 7) is 10.2. The van der Waals surface area contributed by atoms with Gasteiger partial charge in [0.2, 0.25) is 0 Å². The van der Waals surface area contributed by atoms with Crippen LogP contribution in [0.5, 0.6) is 0 Å². The Bertz CT molecular complexity index is 365. The number of rotatable bonds is 1. The van der Waals surface area contributed by atoms with Crippen molar-refractivity contribution in [3.05, 3.63) is 0 Å². The minimum Gasteiger partial charge on any atom is -0.414 e. The van der Waals surface area contributed by atoms with Crippen LogP contribution in [0.3, 0.4) is 0 Å². The first-order valence-corrected chi connectivity index (χ1v) is 6.08. The first kappa shape index (κ1) is 17.5. The molecule has 0 saturated heterocycles. The van der Waals surface area contributed by atoms with Gasteiger partial charge in [-0.1, -0.05) is 0 Å². The van der Waals surface area contributed by atoms with Gasteiger partial charge >= 0.3 is 12.2 Å². The molecular formula is C14H24NO4+. The van der Waals surface area contributed by atoms with E-state index >= 15 is 0 Å². The highest BCUT2D eigenvalue weighted by atomic mass is 16.6. The molecule has 0 rings (SSSR count). The van der Waals surface area contributed by atoms with Crippen LogP contribution >= 0.6 is 0 Å². The van der Waals surface area contributed by atoms with E-state index in [-0.39, 0.29) is 6.54 Å². The van der Waals surface area contributed by atoms with E-state index in [0.29, 0.717) is 0 Å². The van der Waals surface area contributed by atoms with Gasteiger partial charge in [0.05, 0.1) is 7.05 Å². The topological polar surface area (TPSA) is 52.6 Å². The van der Waals surface area contributed by atoms with E-state index in [1.54, 1.807) is 41.5 Å². The van der Waals surface area contributed by atoms with Crippen molar-refractivity contribution in [3.63, 3.8) is 0 Å². The molecule has 108 valence electrons. The molecule has 5 heteroatoms. The minimum atomic E-state index is -0.731. The first-order valence-electron chi connectivity index (χ1n) is 6.08. The van der Waals surface area contributed by atoms with Crippen LogP contribution in [0.4, 0.5) is 9.59 Å². The van der Waals surface area contributed by atoms with E-state index in [4.69, 9.17) is 15.9 Å². The maximum absolute atomic E-state index is 12.2.